The van der Waals surface area contributed by atoms with Crippen LogP contribution in [0.2, 0.25) is 0 Å². The zero-order valence-corrected chi connectivity index (χ0v) is 19.6. The van der Waals surface area contributed by atoms with E-state index in [2.05, 4.69) is 4.72 Å². The summed E-state index contributed by atoms with van der Waals surface area (Å²) in [6.45, 7) is 2.89. The second kappa shape index (κ2) is 10.0. The highest BCUT2D eigenvalue weighted by Gasteiger charge is 2.41. The van der Waals surface area contributed by atoms with Crippen LogP contribution in [0.5, 0.6) is 5.75 Å². The maximum atomic E-state index is 13.5. The third-order valence-corrected chi connectivity index (χ3v) is 7.09. The molecule has 1 heterocycles. The van der Waals surface area contributed by atoms with Crippen molar-refractivity contribution in [1.29, 1.82) is 0 Å². The van der Waals surface area contributed by atoms with Crippen molar-refractivity contribution in [3.63, 3.8) is 0 Å². The van der Waals surface area contributed by atoms with Gasteiger partial charge in [0.2, 0.25) is 15.9 Å². The standard InChI is InChI=1S/C24H31FN2O4S/c1-18(19-5-11-22(31-2)12-6-19)27-16-14-24(17-23(27)28,13-4-15-26-32(3,29)30)20-7-9-21(25)10-8-20/h5-12,18,26H,4,13-17H2,1-3H3/t18-,24?/m0/s1. The number of piperidine rings is 1. The number of amides is 1. The second-order valence-electron chi connectivity index (χ2n) is 8.52. The number of halogens is 1. The molecule has 2 aromatic carbocycles. The largest absolute Gasteiger partial charge is 0.497 e. The van der Waals surface area contributed by atoms with Gasteiger partial charge in [0.25, 0.3) is 0 Å². The Hall–Kier alpha value is -2.45. The van der Waals surface area contributed by atoms with Gasteiger partial charge in [-0.3, -0.25) is 4.79 Å². The molecular weight excluding hydrogens is 431 g/mol. The Morgan fingerprint density at radius 1 is 1.16 bits per heavy atom. The van der Waals surface area contributed by atoms with Crippen LogP contribution >= 0.6 is 0 Å². The van der Waals surface area contributed by atoms with Gasteiger partial charge in [-0.15, -0.1) is 0 Å². The van der Waals surface area contributed by atoms with Crippen LogP contribution in [0.3, 0.4) is 0 Å². The summed E-state index contributed by atoms with van der Waals surface area (Å²) in [6.07, 6.45) is 3.39. The molecule has 174 valence electrons. The van der Waals surface area contributed by atoms with E-state index >= 15 is 0 Å². The van der Waals surface area contributed by atoms with Crippen LogP contribution in [-0.4, -0.2) is 45.7 Å². The molecule has 3 rings (SSSR count). The average molecular weight is 463 g/mol. The van der Waals surface area contributed by atoms with Gasteiger partial charge in [-0.25, -0.2) is 17.5 Å². The number of likely N-dealkylation sites (tertiary alicyclic amines) is 1. The van der Waals surface area contributed by atoms with Crippen molar-refractivity contribution < 1.29 is 22.3 Å². The zero-order valence-electron chi connectivity index (χ0n) is 18.8. The molecule has 0 radical (unpaired) electrons. The van der Waals surface area contributed by atoms with Crippen LogP contribution < -0.4 is 9.46 Å². The molecule has 1 aliphatic heterocycles. The summed E-state index contributed by atoms with van der Waals surface area (Å²) in [7, 11) is -1.65. The van der Waals surface area contributed by atoms with Crippen molar-refractivity contribution >= 4 is 15.9 Å². The molecule has 0 bridgehead atoms. The van der Waals surface area contributed by atoms with E-state index in [1.165, 1.54) is 12.1 Å². The summed E-state index contributed by atoms with van der Waals surface area (Å²) < 4.78 is 44.1. The van der Waals surface area contributed by atoms with Crippen molar-refractivity contribution in [3.05, 3.63) is 65.5 Å². The first-order valence-corrected chi connectivity index (χ1v) is 12.7. The van der Waals surface area contributed by atoms with Gasteiger partial charge in [0.1, 0.15) is 11.6 Å². The van der Waals surface area contributed by atoms with Crippen molar-refractivity contribution in [2.45, 2.75) is 44.1 Å². The molecule has 2 aromatic rings. The predicted octanol–water partition coefficient (Wildman–Crippen LogP) is 3.79. The Balaban J connectivity index is 1.77. The van der Waals surface area contributed by atoms with Gasteiger partial charge in [0, 0.05) is 24.9 Å². The van der Waals surface area contributed by atoms with Crippen LogP contribution in [0.25, 0.3) is 0 Å². The van der Waals surface area contributed by atoms with E-state index in [-0.39, 0.29) is 17.8 Å². The number of benzene rings is 2. The van der Waals surface area contributed by atoms with E-state index in [9.17, 15) is 17.6 Å². The Morgan fingerprint density at radius 2 is 1.81 bits per heavy atom. The Labute approximate surface area is 189 Å². The number of hydrogen-bond donors (Lipinski definition) is 1. The lowest BCUT2D eigenvalue weighted by atomic mass is 9.69. The van der Waals surface area contributed by atoms with Gasteiger partial charge in [-0.05, 0) is 61.6 Å². The predicted molar refractivity (Wildman–Crippen MR) is 123 cm³/mol. The lowest BCUT2D eigenvalue weighted by Gasteiger charge is -2.44. The van der Waals surface area contributed by atoms with Crippen LogP contribution in [-0.2, 0) is 20.2 Å². The number of methoxy groups -OCH3 is 1. The third kappa shape index (κ3) is 5.86. The first kappa shape index (κ1) is 24.2. The van der Waals surface area contributed by atoms with E-state index in [1.54, 1.807) is 19.2 Å². The molecule has 0 aliphatic carbocycles. The molecule has 6 nitrogen and oxygen atoms in total. The molecule has 1 amide bonds. The molecule has 1 unspecified atom stereocenters. The average Bonchev–Trinajstić information content (AvgIpc) is 2.76. The van der Waals surface area contributed by atoms with Crippen LogP contribution in [0, 0.1) is 5.82 Å². The van der Waals surface area contributed by atoms with Gasteiger partial charge in [0.05, 0.1) is 19.4 Å². The molecule has 8 heteroatoms. The molecule has 1 fully saturated rings. The first-order valence-electron chi connectivity index (χ1n) is 10.8. The maximum Gasteiger partial charge on any atom is 0.223 e. The highest BCUT2D eigenvalue weighted by molar-refractivity contribution is 7.88. The van der Waals surface area contributed by atoms with Crippen molar-refractivity contribution in [2.24, 2.45) is 0 Å². The van der Waals surface area contributed by atoms with E-state index in [4.69, 9.17) is 4.74 Å². The summed E-state index contributed by atoms with van der Waals surface area (Å²) >= 11 is 0. The van der Waals surface area contributed by atoms with Gasteiger partial charge < -0.3 is 9.64 Å². The minimum atomic E-state index is -3.27. The monoisotopic (exact) mass is 462 g/mol. The van der Waals surface area contributed by atoms with Crippen molar-refractivity contribution in [3.8, 4) is 5.75 Å². The highest BCUT2D eigenvalue weighted by Crippen LogP contribution is 2.42. The van der Waals surface area contributed by atoms with Crippen LogP contribution in [0.4, 0.5) is 4.39 Å². The zero-order chi connectivity index (χ0) is 23.4. The summed E-state index contributed by atoms with van der Waals surface area (Å²) in [4.78, 5) is 15.2. The molecule has 1 aliphatic rings. The van der Waals surface area contributed by atoms with E-state index < -0.39 is 15.4 Å². The summed E-state index contributed by atoms with van der Waals surface area (Å²) in [5.74, 6) is 0.489. The van der Waals surface area contributed by atoms with Gasteiger partial charge in [-0.1, -0.05) is 24.3 Å². The normalized spacial score (nSPS) is 20.2. The van der Waals surface area contributed by atoms with E-state index in [0.29, 0.717) is 32.4 Å². The molecule has 2 atom stereocenters. The topological polar surface area (TPSA) is 75.7 Å². The quantitative estimate of drug-likeness (QED) is 0.576. The summed E-state index contributed by atoms with van der Waals surface area (Å²) in [5, 5.41) is 0. The SMILES string of the molecule is COc1ccc([C@H](C)N2CCC(CCCNS(C)(=O)=O)(c3ccc(F)cc3)CC2=O)cc1. The number of nitrogens with zero attached hydrogens (tertiary/aromatic N) is 1. The molecule has 0 aromatic heterocycles. The summed E-state index contributed by atoms with van der Waals surface area (Å²) in [5.41, 5.74) is 1.51. The van der Waals surface area contributed by atoms with Gasteiger partial charge in [0.15, 0.2) is 0 Å². The number of nitrogens with one attached hydrogen (secondary N) is 1. The molecule has 0 spiro atoms. The Bertz CT molecular complexity index is 1020. The molecule has 0 saturated carbocycles. The minimum absolute atomic E-state index is 0.0416. The maximum absolute atomic E-state index is 13.5. The first-order chi connectivity index (χ1) is 15.1. The Morgan fingerprint density at radius 3 is 2.38 bits per heavy atom. The molecular formula is C24H31FN2O4S. The number of rotatable bonds is 9. The smallest absolute Gasteiger partial charge is 0.223 e. The van der Waals surface area contributed by atoms with Crippen molar-refractivity contribution in [2.75, 3.05) is 26.5 Å². The Kier molecular flexibility index (Phi) is 7.56. The second-order valence-corrected chi connectivity index (χ2v) is 10.4. The lowest BCUT2D eigenvalue weighted by molar-refractivity contribution is -0.138. The number of ether oxygens (including phenoxy) is 1. The van der Waals surface area contributed by atoms with Crippen LogP contribution in [0.1, 0.15) is 49.8 Å². The molecule has 1 N–H and O–H groups in total. The van der Waals surface area contributed by atoms with Crippen LogP contribution in [0.15, 0.2) is 48.5 Å². The lowest BCUT2D eigenvalue weighted by Crippen LogP contribution is -2.47. The third-order valence-electron chi connectivity index (χ3n) is 6.36. The van der Waals surface area contributed by atoms with E-state index in [0.717, 1.165) is 29.6 Å². The number of hydrogen-bond acceptors (Lipinski definition) is 4. The van der Waals surface area contributed by atoms with Gasteiger partial charge in [-0.2, -0.15) is 0 Å². The van der Waals surface area contributed by atoms with E-state index in [1.807, 2.05) is 36.1 Å². The fourth-order valence-corrected chi connectivity index (χ4v) is 5.02. The molecule has 1 saturated heterocycles. The molecule has 32 heavy (non-hydrogen) atoms. The number of carbonyl (C=O) groups excluding carboxylic acids is 1. The van der Waals surface area contributed by atoms with Crippen molar-refractivity contribution in [1.82, 2.24) is 9.62 Å². The number of sulfonamides is 1. The summed E-state index contributed by atoms with van der Waals surface area (Å²) in [6, 6.07) is 14.0. The fraction of sp³-hybridized carbons (Fsp3) is 0.458. The number of carbonyl (C=O) groups is 1. The fourth-order valence-electron chi connectivity index (χ4n) is 4.50. The highest BCUT2D eigenvalue weighted by atomic mass is 32.2. The van der Waals surface area contributed by atoms with Gasteiger partial charge >= 0.3 is 0 Å². The minimum Gasteiger partial charge on any atom is -0.497 e.